The summed E-state index contributed by atoms with van der Waals surface area (Å²) in [5.74, 6) is 1.19. The van der Waals surface area contributed by atoms with E-state index in [4.69, 9.17) is 4.43 Å². The fourth-order valence-electron chi connectivity index (χ4n) is 4.01. The van der Waals surface area contributed by atoms with Crippen molar-refractivity contribution >= 4 is 14.3 Å². The maximum absolute atomic E-state index is 12.9. The first kappa shape index (κ1) is 14.8. The molecule has 3 atom stereocenters. The number of carbonyl (C=O) groups is 1. The molecule has 0 amide bonds. The molecule has 1 saturated carbocycles. The van der Waals surface area contributed by atoms with Crippen LogP contribution < -0.4 is 0 Å². The molecule has 1 fully saturated rings. The first-order valence-electron chi connectivity index (χ1n) is 7.97. The lowest BCUT2D eigenvalue weighted by Crippen LogP contribution is -2.45. The Labute approximate surface area is 118 Å². The van der Waals surface area contributed by atoms with E-state index in [-0.39, 0.29) is 11.4 Å². The molecule has 2 aliphatic carbocycles. The van der Waals surface area contributed by atoms with Gasteiger partial charge in [0.05, 0.1) is 5.41 Å². The number of carbonyl (C=O) groups excluding carboxylic acids is 1. The number of rotatable bonds is 6. The van der Waals surface area contributed by atoms with Crippen molar-refractivity contribution in [1.82, 2.24) is 0 Å². The van der Waals surface area contributed by atoms with Crippen LogP contribution in [0.2, 0.25) is 18.1 Å². The Morgan fingerprint density at radius 2 is 1.84 bits per heavy atom. The van der Waals surface area contributed by atoms with E-state index in [1.54, 1.807) is 0 Å². The van der Waals surface area contributed by atoms with Crippen LogP contribution in [0.25, 0.3) is 0 Å². The van der Waals surface area contributed by atoms with Crippen LogP contribution in [0, 0.1) is 17.3 Å². The van der Waals surface area contributed by atoms with Crippen LogP contribution >= 0.6 is 0 Å². The third-order valence-electron chi connectivity index (χ3n) is 5.79. The molecule has 0 aliphatic heterocycles. The lowest BCUT2D eigenvalue weighted by molar-refractivity contribution is -0.149. The van der Waals surface area contributed by atoms with Crippen LogP contribution in [0.1, 0.15) is 47.0 Å². The Hall–Kier alpha value is -0.573. The topological polar surface area (TPSA) is 26.3 Å². The van der Waals surface area contributed by atoms with Crippen molar-refractivity contribution in [2.45, 2.75) is 65.1 Å². The second kappa shape index (κ2) is 5.43. The van der Waals surface area contributed by atoms with Crippen molar-refractivity contribution in [3.63, 3.8) is 0 Å². The summed E-state index contributed by atoms with van der Waals surface area (Å²) in [6.07, 6.45) is 7.69. The fourth-order valence-corrected chi connectivity index (χ4v) is 6.53. The maximum atomic E-state index is 12.9. The quantitative estimate of drug-likeness (QED) is 0.528. The van der Waals surface area contributed by atoms with Gasteiger partial charge in [-0.25, -0.2) is 0 Å². The van der Waals surface area contributed by atoms with Crippen molar-refractivity contribution in [3.8, 4) is 0 Å². The van der Waals surface area contributed by atoms with E-state index in [0.717, 1.165) is 31.0 Å². The molecule has 0 N–H and O–H groups in total. The molecule has 0 aromatic heterocycles. The van der Waals surface area contributed by atoms with Gasteiger partial charge >= 0.3 is 0 Å². The van der Waals surface area contributed by atoms with Crippen molar-refractivity contribution in [2.75, 3.05) is 0 Å². The maximum Gasteiger partial charge on any atom is 0.299 e. The molecule has 19 heavy (non-hydrogen) atoms. The molecule has 3 unspecified atom stereocenters. The summed E-state index contributed by atoms with van der Waals surface area (Å²) in [4.78, 5) is 12.9. The molecule has 0 radical (unpaired) electrons. The molecular formula is C16H28O2Si. The molecule has 0 heterocycles. The van der Waals surface area contributed by atoms with E-state index in [2.05, 4.69) is 39.8 Å². The average molecular weight is 280 g/mol. The zero-order valence-corrected chi connectivity index (χ0v) is 13.9. The third kappa shape index (κ3) is 2.30. The van der Waals surface area contributed by atoms with Crippen LogP contribution in [-0.2, 0) is 9.22 Å². The van der Waals surface area contributed by atoms with E-state index in [1.165, 1.54) is 6.42 Å². The molecular weight excluding hydrogens is 252 g/mol. The van der Waals surface area contributed by atoms with E-state index >= 15 is 0 Å². The second-order valence-corrected chi connectivity index (χ2v) is 11.0. The highest BCUT2D eigenvalue weighted by Gasteiger charge is 2.54. The minimum atomic E-state index is -1.81. The molecule has 0 saturated heterocycles. The fraction of sp³-hybridized carbons (Fsp3) is 0.812. The first-order valence-corrected chi connectivity index (χ1v) is 10.5. The highest BCUT2D eigenvalue weighted by molar-refractivity contribution is 6.75. The molecule has 3 heteroatoms. The normalized spacial score (nSPS) is 32.8. The van der Waals surface area contributed by atoms with Gasteiger partial charge in [-0.15, -0.1) is 0 Å². The largest absolute Gasteiger partial charge is 0.519 e. The average Bonchev–Trinajstić information content (AvgIpc) is 3.05. The lowest BCUT2D eigenvalue weighted by atomic mass is 9.74. The zero-order valence-electron chi connectivity index (χ0n) is 12.9. The summed E-state index contributed by atoms with van der Waals surface area (Å²) >= 11 is 0. The van der Waals surface area contributed by atoms with Crippen LogP contribution in [0.15, 0.2) is 12.2 Å². The Morgan fingerprint density at radius 1 is 1.21 bits per heavy atom. The van der Waals surface area contributed by atoms with Crippen molar-refractivity contribution < 1.29 is 9.22 Å². The predicted molar refractivity (Wildman–Crippen MR) is 81.4 cm³/mol. The standard InChI is InChI=1S/C16H28O2Si/c1-5-16(12-13-9-10-14(16)11-13)15(17)18-19(6-2,7-3)8-4/h9-10,13-14H,5-8,11-12H2,1-4H3. The van der Waals surface area contributed by atoms with E-state index in [9.17, 15) is 4.79 Å². The minimum Gasteiger partial charge on any atom is -0.519 e. The van der Waals surface area contributed by atoms with Gasteiger partial charge in [-0.2, -0.15) is 0 Å². The third-order valence-corrected chi connectivity index (χ3v) is 10.3. The van der Waals surface area contributed by atoms with Crippen molar-refractivity contribution in [2.24, 2.45) is 17.3 Å². The van der Waals surface area contributed by atoms with Crippen molar-refractivity contribution in [3.05, 3.63) is 12.2 Å². The second-order valence-electron chi connectivity index (χ2n) is 6.33. The molecule has 2 nitrogen and oxygen atoms in total. The molecule has 108 valence electrons. The summed E-state index contributed by atoms with van der Waals surface area (Å²) in [5.41, 5.74) is -0.197. The molecule has 0 aromatic carbocycles. The number of fused-ring (bicyclic) bond motifs is 2. The summed E-state index contributed by atoms with van der Waals surface area (Å²) in [6, 6.07) is 3.15. The lowest BCUT2D eigenvalue weighted by Gasteiger charge is -2.37. The SMILES string of the molecule is CCC1(C(=O)O[Si](CC)(CC)CC)CC2C=CC1C2. The Balaban J connectivity index is 2.17. The van der Waals surface area contributed by atoms with E-state index < -0.39 is 8.32 Å². The van der Waals surface area contributed by atoms with Gasteiger partial charge in [-0.1, -0.05) is 39.8 Å². The van der Waals surface area contributed by atoms with Gasteiger partial charge in [-0.05, 0) is 49.2 Å². The summed E-state index contributed by atoms with van der Waals surface area (Å²) in [6.45, 7) is 8.71. The number of hydrogen-bond acceptors (Lipinski definition) is 2. The van der Waals surface area contributed by atoms with Gasteiger partial charge in [0, 0.05) is 0 Å². The van der Waals surface area contributed by atoms with Gasteiger partial charge < -0.3 is 4.43 Å². The van der Waals surface area contributed by atoms with Crippen LogP contribution in [0.3, 0.4) is 0 Å². The number of allylic oxidation sites excluding steroid dienone is 2. The van der Waals surface area contributed by atoms with E-state index in [1.807, 2.05) is 0 Å². The highest BCUT2D eigenvalue weighted by Crippen LogP contribution is 2.55. The Morgan fingerprint density at radius 3 is 2.21 bits per heavy atom. The van der Waals surface area contributed by atoms with Gasteiger partial charge in [-0.3, -0.25) is 4.79 Å². The van der Waals surface area contributed by atoms with Crippen LogP contribution in [0.5, 0.6) is 0 Å². The summed E-state index contributed by atoms with van der Waals surface area (Å²) in [5, 5.41) is 0. The van der Waals surface area contributed by atoms with Crippen molar-refractivity contribution in [1.29, 1.82) is 0 Å². The molecule has 2 bridgehead atoms. The Kier molecular flexibility index (Phi) is 4.24. The monoisotopic (exact) mass is 280 g/mol. The van der Waals surface area contributed by atoms with Crippen LogP contribution in [-0.4, -0.2) is 14.3 Å². The van der Waals surface area contributed by atoms with Crippen LogP contribution in [0.4, 0.5) is 0 Å². The predicted octanol–water partition coefficient (Wildman–Crippen LogP) is 4.53. The smallest absolute Gasteiger partial charge is 0.299 e. The van der Waals surface area contributed by atoms with Gasteiger partial charge in [0.15, 0.2) is 0 Å². The number of hydrogen-bond donors (Lipinski definition) is 0. The highest BCUT2D eigenvalue weighted by atomic mass is 28.4. The molecule has 0 spiro atoms. The van der Waals surface area contributed by atoms with Gasteiger partial charge in [0.2, 0.25) is 0 Å². The minimum absolute atomic E-state index is 0.129. The van der Waals surface area contributed by atoms with Gasteiger partial charge in [0.1, 0.15) is 0 Å². The molecule has 2 aliphatic rings. The zero-order chi connectivity index (χ0) is 14.1. The molecule has 2 rings (SSSR count). The van der Waals surface area contributed by atoms with E-state index in [0.29, 0.717) is 11.8 Å². The molecule has 0 aromatic rings. The summed E-state index contributed by atoms with van der Waals surface area (Å²) < 4.78 is 6.18. The summed E-state index contributed by atoms with van der Waals surface area (Å²) in [7, 11) is -1.81. The Bertz CT molecular complexity index is 365. The van der Waals surface area contributed by atoms with Gasteiger partial charge in [0.25, 0.3) is 14.3 Å². The first-order chi connectivity index (χ1) is 9.05.